The third-order valence-electron chi connectivity index (χ3n) is 3.56. The van der Waals surface area contributed by atoms with Crippen LogP contribution >= 0.6 is 11.8 Å². The first-order valence-corrected chi connectivity index (χ1v) is 8.21. The summed E-state index contributed by atoms with van der Waals surface area (Å²) in [4.78, 5) is 47.5. The summed E-state index contributed by atoms with van der Waals surface area (Å²) in [6.07, 6.45) is 1.32. The molecule has 0 aromatic heterocycles. The number of fused-ring (bicyclic) bond motifs is 1. The van der Waals surface area contributed by atoms with Crippen molar-refractivity contribution in [2.45, 2.75) is 18.7 Å². The SMILES string of the molecule is C=CCOC(=O)C[C@@H]1C(=O)N2C(C(=O)O)=C(COC(C)=O)CS[C@H]12. The van der Waals surface area contributed by atoms with Gasteiger partial charge >= 0.3 is 17.9 Å². The summed E-state index contributed by atoms with van der Waals surface area (Å²) in [6.45, 7) is 4.54. The number of aliphatic carboxylic acids is 1. The van der Waals surface area contributed by atoms with Crippen LogP contribution in [0.25, 0.3) is 0 Å². The van der Waals surface area contributed by atoms with Crippen molar-refractivity contribution >= 4 is 35.6 Å². The van der Waals surface area contributed by atoms with Gasteiger partial charge in [0, 0.05) is 18.2 Å². The average Bonchev–Trinajstić information content (AvgIpc) is 2.54. The Kier molecular flexibility index (Phi) is 5.66. The van der Waals surface area contributed by atoms with Gasteiger partial charge in [-0.1, -0.05) is 12.7 Å². The predicted octanol–water partition coefficient (Wildman–Crippen LogP) is 0.539. The number of carboxylic acid groups (broad SMARTS) is 1. The number of carbonyl (C=O) groups excluding carboxylic acids is 3. The Morgan fingerprint density at radius 1 is 1.42 bits per heavy atom. The molecule has 0 aliphatic carbocycles. The number of hydrogen-bond donors (Lipinski definition) is 1. The van der Waals surface area contributed by atoms with Crippen molar-refractivity contribution < 1.29 is 33.8 Å². The second kappa shape index (κ2) is 7.52. The van der Waals surface area contributed by atoms with Crippen molar-refractivity contribution in [3.05, 3.63) is 23.9 Å². The lowest BCUT2D eigenvalue weighted by atomic mass is 9.92. The van der Waals surface area contributed by atoms with Gasteiger partial charge in [0.05, 0.1) is 17.7 Å². The zero-order valence-corrected chi connectivity index (χ0v) is 13.8. The van der Waals surface area contributed by atoms with E-state index in [1.54, 1.807) is 0 Å². The molecule has 130 valence electrons. The van der Waals surface area contributed by atoms with E-state index in [-0.39, 0.29) is 25.3 Å². The van der Waals surface area contributed by atoms with E-state index in [0.29, 0.717) is 11.3 Å². The summed E-state index contributed by atoms with van der Waals surface area (Å²) >= 11 is 1.34. The number of β-lactam (4-membered cyclic amide) rings is 1. The zero-order valence-electron chi connectivity index (χ0n) is 13.0. The van der Waals surface area contributed by atoms with E-state index in [1.165, 1.54) is 24.8 Å². The summed E-state index contributed by atoms with van der Waals surface area (Å²) in [7, 11) is 0. The summed E-state index contributed by atoms with van der Waals surface area (Å²) in [6, 6.07) is 0. The van der Waals surface area contributed by atoms with Gasteiger partial charge in [0.2, 0.25) is 5.91 Å². The minimum Gasteiger partial charge on any atom is -0.477 e. The third kappa shape index (κ3) is 3.61. The highest BCUT2D eigenvalue weighted by molar-refractivity contribution is 8.00. The van der Waals surface area contributed by atoms with E-state index >= 15 is 0 Å². The van der Waals surface area contributed by atoms with E-state index in [4.69, 9.17) is 9.47 Å². The summed E-state index contributed by atoms with van der Waals surface area (Å²) in [5, 5.41) is 8.96. The Bertz CT molecular complexity index is 627. The zero-order chi connectivity index (χ0) is 17.9. The molecular weight excluding hydrogens is 338 g/mol. The molecule has 1 N–H and O–H groups in total. The van der Waals surface area contributed by atoms with Crippen LogP contribution in [0.2, 0.25) is 0 Å². The van der Waals surface area contributed by atoms with Crippen molar-refractivity contribution in [3.63, 3.8) is 0 Å². The molecule has 0 unspecified atom stereocenters. The maximum absolute atomic E-state index is 12.3. The lowest BCUT2D eigenvalue weighted by molar-refractivity contribution is -0.158. The Hall–Kier alpha value is -2.29. The van der Waals surface area contributed by atoms with Gasteiger partial charge in [0.15, 0.2) is 0 Å². The molecule has 9 heteroatoms. The fourth-order valence-corrected chi connectivity index (χ4v) is 3.90. The highest BCUT2D eigenvalue weighted by Gasteiger charge is 2.54. The van der Waals surface area contributed by atoms with Crippen LogP contribution in [0.1, 0.15) is 13.3 Å². The summed E-state index contributed by atoms with van der Waals surface area (Å²) in [5.74, 6) is -3.07. The molecule has 0 aromatic rings. The minimum atomic E-state index is -1.26. The van der Waals surface area contributed by atoms with Crippen LogP contribution in [-0.2, 0) is 28.7 Å². The largest absolute Gasteiger partial charge is 0.477 e. The Morgan fingerprint density at radius 2 is 2.12 bits per heavy atom. The maximum atomic E-state index is 12.3. The van der Waals surface area contributed by atoms with Gasteiger partial charge in [0.1, 0.15) is 18.9 Å². The van der Waals surface area contributed by atoms with Crippen LogP contribution in [0.15, 0.2) is 23.9 Å². The molecule has 1 fully saturated rings. The van der Waals surface area contributed by atoms with Crippen molar-refractivity contribution in [2.24, 2.45) is 5.92 Å². The first kappa shape index (κ1) is 18.1. The monoisotopic (exact) mass is 355 g/mol. The van der Waals surface area contributed by atoms with Gasteiger partial charge in [-0.2, -0.15) is 0 Å². The fourth-order valence-electron chi connectivity index (χ4n) is 2.51. The molecule has 2 aliphatic rings. The molecule has 8 nitrogen and oxygen atoms in total. The second-order valence-corrected chi connectivity index (χ2v) is 6.33. The molecule has 2 heterocycles. The molecule has 2 aliphatic heterocycles. The van der Waals surface area contributed by atoms with Crippen molar-refractivity contribution in [1.29, 1.82) is 0 Å². The second-order valence-electron chi connectivity index (χ2n) is 5.23. The van der Waals surface area contributed by atoms with Gasteiger partial charge in [-0.15, -0.1) is 11.8 Å². The molecule has 0 aromatic carbocycles. The molecule has 0 radical (unpaired) electrons. The highest BCUT2D eigenvalue weighted by atomic mass is 32.2. The molecule has 0 bridgehead atoms. The normalized spacial score (nSPS) is 22.4. The molecule has 2 atom stereocenters. The van der Waals surface area contributed by atoms with Crippen molar-refractivity contribution in [3.8, 4) is 0 Å². The Balaban J connectivity index is 2.11. The number of carboxylic acids is 1. The smallest absolute Gasteiger partial charge is 0.352 e. The minimum absolute atomic E-state index is 0.0636. The Morgan fingerprint density at radius 3 is 2.71 bits per heavy atom. The van der Waals surface area contributed by atoms with E-state index in [0.717, 1.165) is 4.90 Å². The van der Waals surface area contributed by atoms with Gasteiger partial charge < -0.3 is 14.6 Å². The van der Waals surface area contributed by atoms with E-state index < -0.39 is 35.1 Å². The lowest BCUT2D eigenvalue weighted by Crippen LogP contribution is -2.62. The number of thioether (sulfide) groups is 1. The molecule has 1 amide bonds. The topological polar surface area (TPSA) is 110 Å². The maximum Gasteiger partial charge on any atom is 0.352 e. The number of esters is 2. The van der Waals surface area contributed by atoms with Crippen LogP contribution in [0.5, 0.6) is 0 Å². The predicted molar refractivity (Wildman–Crippen MR) is 83.6 cm³/mol. The van der Waals surface area contributed by atoms with Crippen LogP contribution in [0, 0.1) is 5.92 Å². The summed E-state index contributed by atoms with van der Waals surface area (Å²) in [5.41, 5.74) is 0.195. The number of amides is 1. The number of hydrogen-bond acceptors (Lipinski definition) is 7. The van der Waals surface area contributed by atoms with E-state index in [9.17, 15) is 24.3 Å². The number of carbonyl (C=O) groups is 4. The third-order valence-corrected chi connectivity index (χ3v) is 4.95. The van der Waals surface area contributed by atoms with E-state index in [2.05, 4.69) is 6.58 Å². The van der Waals surface area contributed by atoms with Gasteiger partial charge in [-0.25, -0.2) is 4.79 Å². The molecule has 2 rings (SSSR count). The Labute approximate surface area is 142 Å². The number of nitrogens with zero attached hydrogens (tertiary/aromatic N) is 1. The van der Waals surface area contributed by atoms with Crippen LogP contribution in [0.4, 0.5) is 0 Å². The highest BCUT2D eigenvalue weighted by Crippen LogP contribution is 2.45. The van der Waals surface area contributed by atoms with Gasteiger partial charge in [0.25, 0.3) is 0 Å². The molecular formula is C15H17NO7S. The standard InChI is InChI=1S/C15H17NO7S/c1-3-4-22-11(18)5-10-13(19)16-12(15(20)21)9(6-23-8(2)17)7-24-14(10)16/h3,10,14H,1,4-7H2,2H3,(H,20,21)/t10-,14-/m1/s1. The molecule has 0 spiro atoms. The lowest BCUT2D eigenvalue weighted by Gasteiger charge is -2.49. The van der Waals surface area contributed by atoms with Gasteiger partial charge in [-0.05, 0) is 0 Å². The van der Waals surface area contributed by atoms with E-state index in [1.807, 2.05) is 0 Å². The molecule has 24 heavy (non-hydrogen) atoms. The fraction of sp³-hybridized carbons (Fsp3) is 0.467. The number of rotatable bonds is 7. The first-order chi connectivity index (χ1) is 11.4. The van der Waals surface area contributed by atoms with Crippen LogP contribution in [0.3, 0.4) is 0 Å². The summed E-state index contributed by atoms with van der Waals surface area (Å²) < 4.78 is 9.71. The quantitative estimate of drug-likeness (QED) is 0.400. The average molecular weight is 355 g/mol. The van der Waals surface area contributed by atoms with Crippen LogP contribution in [-0.4, -0.2) is 58.2 Å². The van der Waals surface area contributed by atoms with Gasteiger partial charge in [-0.3, -0.25) is 19.3 Å². The van der Waals surface area contributed by atoms with Crippen LogP contribution < -0.4 is 0 Å². The molecule has 1 saturated heterocycles. The number of ether oxygens (including phenoxy) is 2. The van der Waals surface area contributed by atoms with Crippen molar-refractivity contribution in [1.82, 2.24) is 4.90 Å². The van der Waals surface area contributed by atoms with Crippen molar-refractivity contribution in [2.75, 3.05) is 19.0 Å². The first-order valence-electron chi connectivity index (χ1n) is 7.16. The molecule has 0 saturated carbocycles.